The number of morpholine rings is 1. The fourth-order valence-electron chi connectivity index (χ4n) is 6.84. The molecular formula is C37H41FN6O7. The number of hydrogen-bond acceptors (Lipinski definition) is 9. The van der Waals surface area contributed by atoms with Crippen molar-refractivity contribution >= 4 is 34.7 Å². The van der Waals surface area contributed by atoms with E-state index in [9.17, 15) is 18.8 Å². The van der Waals surface area contributed by atoms with Gasteiger partial charge >= 0.3 is 0 Å². The van der Waals surface area contributed by atoms with Crippen LogP contribution in [-0.4, -0.2) is 97.4 Å². The molecule has 0 radical (unpaired) electrons. The van der Waals surface area contributed by atoms with Crippen molar-refractivity contribution in [2.45, 2.75) is 38.0 Å². The van der Waals surface area contributed by atoms with E-state index in [0.717, 1.165) is 30.1 Å². The van der Waals surface area contributed by atoms with Gasteiger partial charge in [0.2, 0.25) is 11.9 Å². The predicted molar refractivity (Wildman–Crippen MR) is 186 cm³/mol. The van der Waals surface area contributed by atoms with Crippen molar-refractivity contribution in [3.8, 4) is 17.2 Å². The number of fused-ring (bicyclic) bond motifs is 6. The lowest BCUT2D eigenvalue weighted by atomic mass is 10.00. The number of anilines is 1. The number of halogens is 1. The molecule has 3 aliphatic heterocycles. The van der Waals surface area contributed by atoms with Crippen molar-refractivity contribution in [1.29, 1.82) is 0 Å². The van der Waals surface area contributed by atoms with Crippen LogP contribution in [0.15, 0.2) is 54.6 Å². The molecule has 4 heterocycles. The van der Waals surface area contributed by atoms with Crippen LogP contribution in [-0.2, 0) is 34.3 Å². The largest absolute Gasteiger partial charge is 0.493 e. The number of aromatic nitrogens is 2. The maximum absolute atomic E-state index is 14.7. The number of imidazole rings is 1. The molecule has 3 amide bonds. The Morgan fingerprint density at radius 2 is 1.82 bits per heavy atom. The van der Waals surface area contributed by atoms with Crippen molar-refractivity contribution in [3.05, 3.63) is 77.1 Å². The summed E-state index contributed by atoms with van der Waals surface area (Å²) in [4.78, 5) is 48.7. The lowest BCUT2D eigenvalue weighted by molar-refractivity contribution is -0.125. The van der Waals surface area contributed by atoms with E-state index in [0.29, 0.717) is 60.7 Å². The molecule has 14 heteroatoms. The minimum atomic E-state index is -0.649. The van der Waals surface area contributed by atoms with Gasteiger partial charge in [-0.15, -0.1) is 0 Å². The lowest BCUT2D eigenvalue weighted by Gasteiger charge is -2.39. The number of carbonyl (C=O) groups excluding carboxylic acids is 3. The van der Waals surface area contributed by atoms with Gasteiger partial charge in [-0.3, -0.25) is 14.4 Å². The van der Waals surface area contributed by atoms with Crippen LogP contribution in [0.25, 0.3) is 11.0 Å². The SMILES string of the molecule is COc1ccc2cc1OCC(=O)N[C@@H]1CN(C(=O)c3ccc4c(c3)nc(N3CCOCC3)n4C)CC[C@H]1Oc1cc(F)cc(c1)CNC(=O)CC2. The van der Waals surface area contributed by atoms with E-state index in [1.165, 1.54) is 19.2 Å². The summed E-state index contributed by atoms with van der Waals surface area (Å²) in [5.41, 5.74) is 3.46. The summed E-state index contributed by atoms with van der Waals surface area (Å²) in [6, 6.07) is 14.5. The van der Waals surface area contributed by atoms with E-state index in [4.69, 9.17) is 23.9 Å². The number of aryl methyl sites for hydroxylation is 2. The summed E-state index contributed by atoms with van der Waals surface area (Å²) >= 11 is 0. The number of carbonyl (C=O) groups is 3. The number of methoxy groups -OCH3 is 1. The highest BCUT2D eigenvalue weighted by Gasteiger charge is 2.35. The lowest BCUT2D eigenvalue weighted by Crippen LogP contribution is -2.58. The maximum Gasteiger partial charge on any atom is 0.258 e. The van der Waals surface area contributed by atoms with E-state index in [2.05, 4.69) is 15.5 Å². The van der Waals surface area contributed by atoms with Crippen LogP contribution in [0.3, 0.4) is 0 Å². The molecular weight excluding hydrogens is 659 g/mol. The third-order valence-electron chi connectivity index (χ3n) is 9.52. The Hall–Kier alpha value is -5.37. The summed E-state index contributed by atoms with van der Waals surface area (Å²) in [7, 11) is 3.47. The van der Waals surface area contributed by atoms with Crippen LogP contribution in [0.4, 0.5) is 10.3 Å². The Labute approximate surface area is 294 Å². The second kappa shape index (κ2) is 14.9. The Balaban J connectivity index is 1.13. The van der Waals surface area contributed by atoms with Gasteiger partial charge in [-0.2, -0.15) is 0 Å². The Morgan fingerprint density at radius 3 is 2.65 bits per heavy atom. The molecule has 0 aliphatic carbocycles. The number of likely N-dealkylation sites (tertiary alicyclic amines) is 1. The van der Waals surface area contributed by atoms with Crippen molar-refractivity contribution < 1.29 is 37.7 Å². The first-order valence-corrected chi connectivity index (χ1v) is 17.1. The third-order valence-corrected chi connectivity index (χ3v) is 9.52. The molecule has 3 aromatic carbocycles. The molecule has 4 bridgehead atoms. The van der Waals surface area contributed by atoms with Gasteiger partial charge in [-0.25, -0.2) is 9.37 Å². The third kappa shape index (κ3) is 7.70. The van der Waals surface area contributed by atoms with Crippen molar-refractivity contribution in [3.63, 3.8) is 0 Å². The first kappa shape index (κ1) is 34.1. The van der Waals surface area contributed by atoms with Gasteiger partial charge in [-0.1, -0.05) is 6.07 Å². The van der Waals surface area contributed by atoms with E-state index in [1.807, 2.05) is 23.7 Å². The molecule has 0 spiro atoms. The van der Waals surface area contributed by atoms with E-state index < -0.39 is 23.9 Å². The molecule has 51 heavy (non-hydrogen) atoms. The van der Waals surface area contributed by atoms with E-state index in [-0.39, 0.29) is 43.7 Å². The van der Waals surface area contributed by atoms with Crippen LogP contribution in [0.1, 0.15) is 34.3 Å². The number of benzene rings is 3. The molecule has 2 saturated heterocycles. The minimum Gasteiger partial charge on any atom is -0.493 e. The summed E-state index contributed by atoms with van der Waals surface area (Å²) in [5, 5.41) is 5.85. The molecule has 4 aromatic rings. The topological polar surface area (TPSA) is 136 Å². The molecule has 1 aromatic heterocycles. The summed E-state index contributed by atoms with van der Waals surface area (Å²) in [6.07, 6.45) is 0.400. The molecule has 0 unspecified atom stereocenters. The first-order valence-electron chi connectivity index (χ1n) is 17.1. The molecule has 2 N–H and O–H groups in total. The number of nitrogens with zero attached hydrogens (tertiary/aromatic N) is 4. The fraction of sp³-hybridized carbons (Fsp3) is 0.405. The molecule has 2 atom stereocenters. The van der Waals surface area contributed by atoms with Crippen molar-refractivity contribution in [2.24, 2.45) is 7.05 Å². The summed E-state index contributed by atoms with van der Waals surface area (Å²) in [5.74, 6) is 0.556. The van der Waals surface area contributed by atoms with Crippen LogP contribution in [0.5, 0.6) is 17.2 Å². The first-order chi connectivity index (χ1) is 24.7. The van der Waals surface area contributed by atoms with E-state index in [1.54, 1.807) is 35.2 Å². The Kier molecular flexibility index (Phi) is 9.93. The average Bonchev–Trinajstić information content (AvgIpc) is 3.47. The predicted octanol–water partition coefficient (Wildman–Crippen LogP) is 2.98. The number of ether oxygens (including phenoxy) is 4. The number of amides is 3. The van der Waals surface area contributed by atoms with Gasteiger partial charge in [0.05, 0.1) is 37.4 Å². The normalized spacial score (nSPS) is 20.2. The van der Waals surface area contributed by atoms with Crippen LogP contribution < -0.4 is 29.7 Å². The zero-order valence-corrected chi connectivity index (χ0v) is 28.7. The van der Waals surface area contributed by atoms with Gasteiger partial charge in [-0.05, 0) is 60.0 Å². The molecule has 2 fully saturated rings. The second-order valence-electron chi connectivity index (χ2n) is 13.0. The molecule has 13 nitrogen and oxygen atoms in total. The highest BCUT2D eigenvalue weighted by Crippen LogP contribution is 2.30. The van der Waals surface area contributed by atoms with Gasteiger partial charge in [0.15, 0.2) is 18.1 Å². The number of hydrogen-bond donors (Lipinski definition) is 2. The summed E-state index contributed by atoms with van der Waals surface area (Å²) < 4.78 is 39.9. The molecule has 0 saturated carbocycles. The zero-order chi connectivity index (χ0) is 35.5. The van der Waals surface area contributed by atoms with Crippen LogP contribution >= 0.6 is 0 Å². The maximum atomic E-state index is 14.7. The van der Waals surface area contributed by atoms with Crippen LogP contribution in [0, 0.1) is 5.82 Å². The average molecular weight is 701 g/mol. The number of piperidine rings is 1. The molecule has 268 valence electrons. The quantitative estimate of drug-likeness (QED) is 0.331. The van der Waals surface area contributed by atoms with Gasteiger partial charge in [0, 0.05) is 64.2 Å². The number of nitrogens with one attached hydrogen (secondary N) is 2. The van der Waals surface area contributed by atoms with Crippen LogP contribution in [0.2, 0.25) is 0 Å². The highest BCUT2D eigenvalue weighted by atomic mass is 19.1. The standard InChI is InChI=1S/C37H41FN6O7/c1-42-30-6-5-25(18-28(30)41-37(42)43-11-13-49-14-12-43)36(47)44-10-9-31-29(21-44)40-35(46)22-50-33-17-23(3-7-32(33)48-2)4-8-34(45)39-20-24-15-26(38)19-27(16-24)51-31/h3,5-7,15-19,29,31H,4,8-14,20-22H2,1-2H3,(H,39,45)(H,40,46)/t29-,31-/m1/s1. The minimum absolute atomic E-state index is 0.117. The van der Waals surface area contributed by atoms with Gasteiger partial charge in [0.1, 0.15) is 17.7 Å². The smallest absolute Gasteiger partial charge is 0.258 e. The fourth-order valence-corrected chi connectivity index (χ4v) is 6.84. The second-order valence-corrected chi connectivity index (χ2v) is 13.0. The molecule has 3 aliphatic rings. The molecule has 7 rings (SSSR count). The highest BCUT2D eigenvalue weighted by molar-refractivity contribution is 5.98. The summed E-state index contributed by atoms with van der Waals surface area (Å²) in [6.45, 7) is 3.03. The van der Waals surface area contributed by atoms with E-state index >= 15 is 0 Å². The van der Waals surface area contributed by atoms with Crippen molar-refractivity contribution in [2.75, 3.05) is 58.0 Å². The van der Waals surface area contributed by atoms with Gasteiger partial charge in [0.25, 0.3) is 11.8 Å². The monoisotopic (exact) mass is 700 g/mol. The number of rotatable bonds is 3. The van der Waals surface area contributed by atoms with Gasteiger partial charge < -0.3 is 43.9 Å². The zero-order valence-electron chi connectivity index (χ0n) is 28.7. The Morgan fingerprint density at radius 1 is 0.980 bits per heavy atom. The van der Waals surface area contributed by atoms with Crippen molar-refractivity contribution in [1.82, 2.24) is 25.1 Å². The Bertz CT molecular complexity index is 1940.